The molecule has 0 bridgehead atoms. The average Bonchev–Trinajstić information content (AvgIpc) is 3.27. The number of hydrogen-bond donors (Lipinski definition) is 1. The van der Waals surface area contributed by atoms with E-state index in [-0.39, 0.29) is 11.3 Å². The first-order valence-electron chi connectivity index (χ1n) is 10.8. The van der Waals surface area contributed by atoms with Crippen molar-refractivity contribution in [2.45, 2.75) is 32.2 Å². The predicted octanol–water partition coefficient (Wildman–Crippen LogP) is 2.47. The number of nitrogens with zero attached hydrogens (tertiary/aromatic N) is 5. The predicted molar refractivity (Wildman–Crippen MR) is 127 cm³/mol. The van der Waals surface area contributed by atoms with Crippen LogP contribution in [-0.4, -0.2) is 24.4 Å². The van der Waals surface area contributed by atoms with Crippen molar-refractivity contribution in [3.63, 3.8) is 0 Å². The van der Waals surface area contributed by atoms with Gasteiger partial charge in [0.05, 0.1) is 10.2 Å². The number of nitriles is 1. The lowest BCUT2D eigenvalue weighted by atomic mass is 10.2. The standard InChI is InChI=1S/C25H21N5O2S/c26-16-20(23-28-27-22-9-5-2-6-14-29(22)23)25-30(18-7-3-1-4-8-18)24(32)21(33-25)15-17-10-12-19(31)13-11-17/h1,3-4,7-8,10-13,15,31H,2,5-6,9,14H2/b21-15-,25-20-. The van der Waals surface area contributed by atoms with Gasteiger partial charge in [-0.2, -0.15) is 5.26 Å². The lowest BCUT2D eigenvalue weighted by Crippen LogP contribution is -2.31. The van der Waals surface area contributed by atoms with Crippen LogP contribution in [0.25, 0.3) is 17.3 Å². The molecule has 0 amide bonds. The molecule has 1 N–H and O–H groups in total. The van der Waals surface area contributed by atoms with Gasteiger partial charge in [0, 0.05) is 13.0 Å². The fourth-order valence-electron chi connectivity index (χ4n) is 4.05. The second-order valence-electron chi connectivity index (χ2n) is 7.87. The molecule has 3 heterocycles. The summed E-state index contributed by atoms with van der Waals surface area (Å²) in [6, 6.07) is 18.3. The first-order chi connectivity index (χ1) is 16.2. The number of fused-ring (bicyclic) bond motifs is 1. The quantitative estimate of drug-likeness (QED) is 0.512. The minimum absolute atomic E-state index is 0.160. The van der Waals surface area contributed by atoms with E-state index < -0.39 is 0 Å². The molecule has 1 aliphatic heterocycles. The largest absolute Gasteiger partial charge is 0.508 e. The van der Waals surface area contributed by atoms with Crippen molar-refractivity contribution in [1.82, 2.24) is 19.3 Å². The monoisotopic (exact) mass is 455 g/mol. The van der Waals surface area contributed by atoms with Crippen LogP contribution in [0.5, 0.6) is 5.75 Å². The van der Waals surface area contributed by atoms with Gasteiger partial charge in [-0.15, -0.1) is 21.5 Å². The zero-order chi connectivity index (χ0) is 22.8. The number of phenols is 1. The number of para-hydroxylation sites is 1. The van der Waals surface area contributed by atoms with E-state index >= 15 is 0 Å². The van der Waals surface area contributed by atoms with Gasteiger partial charge < -0.3 is 9.67 Å². The van der Waals surface area contributed by atoms with Crippen molar-refractivity contribution >= 4 is 23.0 Å². The van der Waals surface area contributed by atoms with Crippen molar-refractivity contribution in [2.24, 2.45) is 0 Å². The van der Waals surface area contributed by atoms with Gasteiger partial charge in [-0.3, -0.25) is 9.36 Å². The van der Waals surface area contributed by atoms with E-state index in [2.05, 4.69) is 16.3 Å². The Labute approximate surface area is 193 Å². The maximum absolute atomic E-state index is 13.5. The molecule has 0 spiro atoms. The number of phenolic OH excluding ortho intramolecular Hbond substituents is 1. The summed E-state index contributed by atoms with van der Waals surface area (Å²) in [7, 11) is 0. The molecule has 33 heavy (non-hydrogen) atoms. The van der Waals surface area contributed by atoms with E-state index in [0.29, 0.717) is 26.3 Å². The molecule has 0 saturated heterocycles. The highest BCUT2D eigenvalue weighted by Crippen LogP contribution is 2.18. The number of aromatic nitrogens is 4. The molecule has 0 atom stereocenters. The zero-order valence-electron chi connectivity index (χ0n) is 17.8. The highest BCUT2D eigenvalue weighted by molar-refractivity contribution is 7.07. The molecular weight excluding hydrogens is 434 g/mol. The molecule has 2 aromatic heterocycles. The van der Waals surface area contributed by atoms with E-state index in [4.69, 9.17) is 0 Å². The first kappa shape index (κ1) is 20.9. The second-order valence-corrected chi connectivity index (χ2v) is 8.90. The number of hydrogen-bond acceptors (Lipinski definition) is 6. The van der Waals surface area contributed by atoms with Crippen molar-refractivity contribution in [2.75, 3.05) is 0 Å². The van der Waals surface area contributed by atoms with Gasteiger partial charge in [-0.1, -0.05) is 36.8 Å². The van der Waals surface area contributed by atoms with Crippen LogP contribution >= 0.6 is 11.3 Å². The van der Waals surface area contributed by atoms with E-state index in [0.717, 1.165) is 43.6 Å². The van der Waals surface area contributed by atoms with Gasteiger partial charge >= 0.3 is 0 Å². The third kappa shape index (κ3) is 3.99. The molecule has 164 valence electrons. The number of rotatable bonds is 3. The summed E-state index contributed by atoms with van der Waals surface area (Å²) in [5.41, 5.74) is 1.60. The minimum atomic E-state index is -0.211. The molecule has 0 radical (unpaired) electrons. The Morgan fingerprint density at radius 2 is 1.85 bits per heavy atom. The average molecular weight is 456 g/mol. The lowest BCUT2D eigenvalue weighted by molar-refractivity contribution is 0.475. The molecule has 7 nitrogen and oxygen atoms in total. The van der Waals surface area contributed by atoms with Crippen LogP contribution in [0.4, 0.5) is 0 Å². The van der Waals surface area contributed by atoms with Crippen molar-refractivity contribution in [3.8, 4) is 17.5 Å². The van der Waals surface area contributed by atoms with Crippen molar-refractivity contribution in [3.05, 3.63) is 91.4 Å². The summed E-state index contributed by atoms with van der Waals surface area (Å²) >= 11 is 1.26. The van der Waals surface area contributed by atoms with Crippen LogP contribution in [-0.2, 0) is 13.0 Å². The van der Waals surface area contributed by atoms with Crippen LogP contribution in [0.3, 0.4) is 0 Å². The van der Waals surface area contributed by atoms with E-state index in [9.17, 15) is 15.2 Å². The molecular formula is C25H21N5O2S. The van der Waals surface area contributed by atoms with Crippen LogP contribution in [0.15, 0.2) is 59.4 Å². The molecule has 4 aromatic rings. The third-order valence-corrected chi connectivity index (χ3v) is 6.78. The molecule has 1 aliphatic rings. The van der Waals surface area contributed by atoms with Gasteiger partial charge in [0.15, 0.2) is 5.82 Å². The van der Waals surface area contributed by atoms with Crippen molar-refractivity contribution < 1.29 is 5.11 Å². The summed E-state index contributed by atoms with van der Waals surface area (Å²) in [6.07, 6.45) is 5.78. The van der Waals surface area contributed by atoms with E-state index in [1.54, 1.807) is 34.9 Å². The van der Waals surface area contributed by atoms with Gasteiger partial charge in [0.25, 0.3) is 5.56 Å². The van der Waals surface area contributed by atoms with Crippen LogP contribution < -0.4 is 14.8 Å². The molecule has 0 aliphatic carbocycles. The molecule has 2 aromatic carbocycles. The topological polar surface area (TPSA) is 96.7 Å². The summed E-state index contributed by atoms with van der Waals surface area (Å²) in [4.78, 5) is 13.5. The van der Waals surface area contributed by atoms with Gasteiger partial charge in [-0.05, 0) is 48.7 Å². The molecule has 8 heteroatoms. The highest BCUT2D eigenvalue weighted by Gasteiger charge is 2.21. The maximum Gasteiger partial charge on any atom is 0.273 e. The number of aryl methyl sites for hydroxylation is 1. The Kier molecular flexibility index (Phi) is 5.63. The Bertz CT molecular complexity index is 1520. The number of benzene rings is 2. The Morgan fingerprint density at radius 3 is 2.61 bits per heavy atom. The highest BCUT2D eigenvalue weighted by atomic mass is 32.1. The van der Waals surface area contributed by atoms with E-state index in [1.165, 1.54) is 11.3 Å². The molecule has 0 unspecified atom stereocenters. The zero-order valence-corrected chi connectivity index (χ0v) is 18.6. The van der Waals surface area contributed by atoms with Crippen molar-refractivity contribution in [1.29, 1.82) is 5.26 Å². The van der Waals surface area contributed by atoms with Gasteiger partial charge in [-0.25, -0.2) is 0 Å². The third-order valence-electron chi connectivity index (χ3n) is 5.69. The minimum Gasteiger partial charge on any atom is -0.508 e. The summed E-state index contributed by atoms with van der Waals surface area (Å²) in [6.45, 7) is 0.760. The Balaban J connectivity index is 1.82. The summed E-state index contributed by atoms with van der Waals surface area (Å²) in [5.74, 6) is 1.56. The Hall–Kier alpha value is -3.96. The number of thiazole rings is 1. The fourth-order valence-corrected chi connectivity index (χ4v) is 5.15. The molecule has 5 rings (SSSR count). The van der Waals surface area contributed by atoms with Crippen LogP contribution in [0.2, 0.25) is 0 Å². The molecule has 0 saturated carbocycles. The van der Waals surface area contributed by atoms with Crippen LogP contribution in [0.1, 0.15) is 36.5 Å². The second kappa shape index (κ2) is 8.88. The maximum atomic E-state index is 13.5. The fraction of sp³-hybridized carbons (Fsp3) is 0.200. The van der Waals surface area contributed by atoms with Gasteiger partial charge in [0.2, 0.25) is 0 Å². The summed E-state index contributed by atoms with van der Waals surface area (Å²) in [5, 5.41) is 28.5. The van der Waals surface area contributed by atoms with Crippen LogP contribution in [0, 0.1) is 11.3 Å². The SMILES string of the molecule is N#C/C(c1nnc2n1CCCCC2)=c1/s/c(=C\c2ccc(O)cc2)c(=O)n1-c1ccccc1. The lowest BCUT2D eigenvalue weighted by Gasteiger charge is -2.07. The smallest absolute Gasteiger partial charge is 0.273 e. The molecule has 0 fully saturated rings. The Morgan fingerprint density at radius 1 is 1.06 bits per heavy atom. The van der Waals surface area contributed by atoms with E-state index in [1.807, 2.05) is 34.9 Å². The normalized spacial score (nSPS) is 14.9. The summed E-state index contributed by atoms with van der Waals surface area (Å²) < 4.78 is 4.61. The van der Waals surface area contributed by atoms with Gasteiger partial charge in [0.1, 0.15) is 27.9 Å². The first-order valence-corrected chi connectivity index (χ1v) is 11.6. The number of aromatic hydroxyl groups is 1.